The summed E-state index contributed by atoms with van der Waals surface area (Å²) in [6.07, 6.45) is 2.23. The first kappa shape index (κ1) is 13.4. The number of unbranched alkanes of at least 4 members (excludes halogenated alkanes) is 1. The maximum atomic E-state index is 5.06. The molecular formula is C11H20N2O2S. The normalized spacial score (nSPS) is 12.7. The minimum atomic E-state index is 0.337. The molecule has 1 aromatic heterocycles. The smallest absolute Gasteiger partial charge is 0.225 e. The third kappa shape index (κ3) is 4.47. The second-order valence-corrected chi connectivity index (χ2v) is 4.48. The van der Waals surface area contributed by atoms with Crippen molar-refractivity contribution in [2.75, 3.05) is 27.4 Å². The summed E-state index contributed by atoms with van der Waals surface area (Å²) in [7, 11) is 3.38. The number of ether oxygens (including phenoxy) is 2. The highest BCUT2D eigenvalue weighted by Crippen LogP contribution is 2.22. The maximum absolute atomic E-state index is 5.06. The van der Waals surface area contributed by atoms with Gasteiger partial charge in [-0.25, -0.2) is 0 Å². The first-order valence-electron chi connectivity index (χ1n) is 5.51. The molecule has 0 bridgehead atoms. The molecule has 0 aliphatic rings. The molecule has 0 spiro atoms. The number of rotatable bonds is 8. The second-order valence-electron chi connectivity index (χ2n) is 3.65. The summed E-state index contributed by atoms with van der Waals surface area (Å²) >= 11 is 1.49. The molecule has 92 valence electrons. The number of hydrogen-bond acceptors (Lipinski definition) is 5. The molecule has 0 saturated heterocycles. The van der Waals surface area contributed by atoms with Gasteiger partial charge in [0.2, 0.25) is 5.88 Å². The van der Waals surface area contributed by atoms with Crippen LogP contribution in [0.1, 0.15) is 30.7 Å². The summed E-state index contributed by atoms with van der Waals surface area (Å²) in [5.74, 6) is 0.702. The van der Waals surface area contributed by atoms with Crippen LogP contribution in [0, 0.1) is 0 Å². The van der Waals surface area contributed by atoms with Crippen LogP contribution in [0.3, 0.4) is 0 Å². The quantitative estimate of drug-likeness (QED) is 0.712. The van der Waals surface area contributed by atoms with Crippen LogP contribution in [0.5, 0.6) is 5.88 Å². The summed E-state index contributed by atoms with van der Waals surface area (Å²) in [5.41, 5.74) is 0. The average molecular weight is 244 g/mol. The van der Waals surface area contributed by atoms with Gasteiger partial charge in [-0.2, -0.15) is 4.37 Å². The molecule has 1 aromatic rings. The Morgan fingerprint density at radius 1 is 1.44 bits per heavy atom. The van der Waals surface area contributed by atoms with E-state index in [-0.39, 0.29) is 0 Å². The average Bonchev–Trinajstić information content (AvgIpc) is 2.77. The Bertz CT molecular complexity index is 291. The van der Waals surface area contributed by atoms with Crippen LogP contribution in [0.4, 0.5) is 0 Å². The van der Waals surface area contributed by atoms with Gasteiger partial charge in [0.1, 0.15) is 0 Å². The highest BCUT2D eigenvalue weighted by Gasteiger charge is 2.09. The lowest BCUT2D eigenvalue weighted by Crippen LogP contribution is -2.19. The van der Waals surface area contributed by atoms with Crippen molar-refractivity contribution in [3.8, 4) is 5.88 Å². The van der Waals surface area contributed by atoms with Gasteiger partial charge in [-0.05, 0) is 37.8 Å². The number of nitrogens with one attached hydrogen (secondary N) is 1. The molecule has 5 heteroatoms. The van der Waals surface area contributed by atoms with Gasteiger partial charge in [-0.3, -0.25) is 0 Å². The molecule has 0 saturated carbocycles. The molecule has 0 aliphatic heterocycles. The van der Waals surface area contributed by atoms with E-state index in [2.05, 4.69) is 16.6 Å². The standard InChI is InChI=1S/C11H20N2O2S/c1-9(12-6-4-5-7-14-2)10-8-11(15-3)13-16-10/h8-9,12H,4-7H2,1-3H3. The van der Waals surface area contributed by atoms with E-state index in [0.717, 1.165) is 26.0 Å². The van der Waals surface area contributed by atoms with Gasteiger partial charge in [0.25, 0.3) is 0 Å². The lowest BCUT2D eigenvalue weighted by Gasteiger charge is -2.10. The van der Waals surface area contributed by atoms with E-state index in [1.807, 2.05) is 6.07 Å². The molecule has 4 nitrogen and oxygen atoms in total. The van der Waals surface area contributed by atoms with Gasteiger partial charge in [0.15, 0.2) is 0 Å². The lowest BCUT2D eigenvalue weighted by molar-refractivity contribution is 0.192. The van der Waals surface area contributed by atoms with Crippen molar-refractivity contribution in [3.63, 3.8) is 0 Å². The first-order valence-corrected chi connectivity index (χ1v) is 6.28. The molecule has 0 amide bonds. The zero-order valence-electron chi connectivity index (χ0n) is 10.2. The van der Waals surface area contributed by atoms with Crippen LogP contribution in [0.25, 0.3) is 0 Å². The van der Waals surface area contributed by atoms with Gasteiger partial charge in [-0.15, -0.1) is 0 Å². The third-order valence-electron chi connectivity index (χ3n) is 2.37. The third-order valence-corrected chi connectivity index (χ3v) is 3.32. The Hall–Kier alpha value is -0.650. The van der Waals surface area contributed by atoms with E-state index in [9.17, 15) is 0 Å². The lowest BCUT2D eigenvalue weighted by atomic mass is 10.2. The summed E-state index contributed by atoms with van der Waals surface area (Å²) in [6, 6.07) is 2.32. The highest BCUT2D eigenvalue weighted by molar-refractivity contribution is 7.06. The number of methoxy groups -OCH3 is 2. The van der Waals surface area contributed by atoms with Crippen molar-refractivity contribution in [1.82, 2.24) is 9.69 Å². The Balaban J connectivity index is 2.21. The van der Waals surface area contributed by atoms with Gasteiger partial charge >= 0.3 is 0 Å². The van der Waals surface area contributed by atoms with Crippen molar-refractivity contribution in [3.05, 3.63) is 10.9 Å². The van der Waals surface area contributed by atoms with Crippen molar-refractivity contribution >= 4 is 11.5 Å². The fourth-order valence-electron chi connectivity index (χ4n) is 1.36. The molecule has 0 aromatic carbocycles. The molecule has 0 aliphatic carbocycles. The van der Waals surface area contributed by atoms with E-state index in [0.29, 0.717) is 11.9 Å². The molecule has 16 heavy (non-hydrogen) atoms. The molecule has 0 radical (unpaired) electrons. The Morgan fingerprint density at radius 2 is 2.25 bits per heavy atom. The second kappa shape index (κ2) is 7.60. The van der Waals surface area contributed by atoms with Gasteiger partial charge in [-0.1, -0.05) is 0 Å². The largest absolute Gasteiger partial charge is 0.480 e. The topological polar surface area (TPSA) is 43.4 Å². The fourth-order valence-corrected chi connectivity index (χ4v) is 2.08. The zero-order valence-corrected chi connectivity index (χ0v) is 11.0. The Morgan fingerprint density at radius 3 is 2.88 bits per heavy atom. The van der Waals surface area contributed by atoms with E-state index in [1.54, 1.807) is 14.2 Å². The first-order chi connectivity index (χ1) is 7.77. The predicted molar refractivity (Wildman–Crippen MR) is 66.2 cm³/mol. The SMILES string of the molecule is COCCCCNC(C)c1cc(OC)ns1. The van der Waals surface area contributed by atoms with Crippen LogP contribution in [-0.2, 0) is 4.74 Å². The molecule has 1 heterocycles. The number of nitrogens with zero attached hydrogens (tertiary/aromatic N) is 1. The molecule has 1 unspecified atom stereocenters. The van der Waals surface area contributed by atoms with Crippen LogP contribution in [0.15, 0.2) is 6.07 Å². The van der Waals surface area contributed by atoms with E-state index in [1.165, 1.54) is 16.4 Å². The molecule has 1 rings (SSSR count). The van der Waals surface area contributed by atoms with Gasteiger partial charge in [0, 0.05) is 30.7 Å². The summed E-state index contributed by atoms with van der Waals surface area (Å²) in [5, 5.41) is 3.45. The van der Waals surface area contributed by atoms with Crippen molar-refractivity contribution < 1.29 is 9.47 Å². The zero-order chi connectivity index (χ0) is 11.8. The van der Waals surface area contributed by atoms with E-state index in [4.69, 9.17) is 9.47 Å². The van der Waals surface area contributed by atoms with Crippen LogP contribution >= 0.6 is 11.5 Å². The van der Waals surface area contributed by atoms with Crippen molar-refractivity contribution in [2.24, 2.45) is 0 Å². The minimum Gasteiger partial charge on any atom is -0.480 e. The maximum Gasteiger partial charge on any atom is 0.225 e. The number of hydrogen-bond donors (Lipinski definition) is 1. The van der Waals surface area contributed by atoms with E-state index < -0.39 is 0 Å². The molecule has 1 N–H and O–H groups in total. The Labute approximate surface area is 101 Å². The molecular weight excluding hydrogens is 224 g/mol. The van der Waals surface area contributed by atoms with Crippen LogP contribution in [-0.4, -0.2) is 31.7 Å². The summed E-state index contributed by atoms with van der Waals surface area (Å²) < 4.78 is 14.2. The summed E-state index contributed by atoms with van der Waals surface area (Å²) in [4.78, 5) is 1.21. The monoisotopic (exact) mass is 244 g/mol. The Kier molecular flexibility index (Phi) is 6.37. The van der Waals surface area contributed by atoms with Gasteiger partial charge in [0.05, 0.1) is 7.11 Å². The predicted octanol–water partition coefficient (Wildman–Crippen LogP) is 2.23. The van der Waals surface area contributed by atoms with Crippen molar-refractivity contribution in [2.45, 2.75) is 25.8 Å². The van der Waals surface area contributed by atoms with Crippen LogP contribution < -0.4 is 10.1 Å². The number of aromatic nitrogens is 1. The molecule has 1 atom stereocenters. The van der Waals surface area contributed by atoms with Gasteiger partial charge < -0.3 is 14.8 Å². The highest BCUT2D eigenvalue weighted by atomic mass is 32.1. The van der Waals surface area contributed by atoms with Crippen LogP contribution in [0.2, 0.25) is 0 Å². The molecule has 0 fully saturated rings. The van der Waals surface area contributed by atoms with E-state index >= 15 is 0 Å². The van der Waals surface area contributed by atoms with Crippen molar-refractivity contribution in [1.29, 1.82) is 0 Å². The summed E-state index contributed by atoms with van der Waals surface area (Å²) in [6.45, 7) is 3.98. The minimum absolute atomic E-state index is 0.337. The fraction of sp³-hybridized carbons (Fsp3) is 0.727.